The topological polar surface area (TPSA) is 97.8 Å². The molecule has 1 aromatic carbocycles. The van der Waals surface area contributed by atoms with Crippen molar-refractivity contribution in [2.75, 3.05) is 5.32 Å². The predicted octanol–water partition coefficient (Wildman–Crippen LogP) is 3.08. The van der Waals surface area contributed by atoms with Crippen LogP contribution in [0.5, 0.6) is 5.75 Å². The lowest BCUT2D eigenvalue weighted by Crippen LogP contribution is -2.17. The van der Waals surface area contributed by atoms with Crippen molar-refractivity contribution in [1.82, 2.24) is 19.6 Å². The average molecular weight is 391 g/mol. The molecule has 1 amide bonds. The van der Waals surface area contributed by atoms with Crippen LogP contribution < -0.4 is 10.1 Å². The summed E-state index contributed by atoms with van der Waals surface area (Å²) in [6, 6.07) is 8.53. The fraction of sp³-hybridized carbons (Fsp3) is 0.125. The zero-order chi connectivity index (χ0) is 18.7. The first-order valence-corrected chi connectivity index (χ1v) is 8.09. The van der Waals surface area contributed by atoms with Crippen LogP contribution in [0.2, 0.25) is 10.0 Å². The van der Waals surface area contributed by atoms with E-state index in [-0.39, 0.29) is 18.0 Å². The normalized spacial score (nSPS) is 10.4. The number of aryl methyl sites for hydroxylation is 1. The van der Waals surface area contributed by atoms with E-state index >= 15 is 0 Å². The van der Waals surface area contributed by atoms with Crippen LogP contribution in [0.25, 0.3) is 0 Å². The second-order valence-electron chi connectivity index (χ2n) is 5.16. The maximum atomic E-state index is 12.3. The first-order chi connectivity index (χ1) is 12.5. The van der Waals surface area contributed by atoms with Crippen molar-refractivity contribution in [3.05, 3.63) is 58.0 Å². The van der Waals surface area contributed by atoms with E-state index in [1.165, 1.54) is 21.6 Å². The number of carbonyl (C=O) groups is 1. The Bertz CT molecular complexity index is 1000. The molecule has 3 aromatic rings. The molecule has 2 aromatic heterocycles. The van der Waals surface area contributed by atoms with Crippen LogP contribution in [0.3, 0.4) is 0 Å². The van der Waals surface area contributed by atoms with Crippen LogP contribution in [0.1, 0.15) is 16.1 Å². The van der Waals surface area contributed by atoms with Crippen molar-refractivity contribution >= 4 is 34.9 Å². The molecule has 0 fully saturated rings. The summed E-state index contributed by atoms with van der Waals surface area (Å²) in [5.74, 6) is 0.243. The number of ether oxygens (including phenoxy) is 1. The fourth-order valence-electron chi connectivity index (χ4n) is 2.13. The molecule has 0 spiro atoms. The van der Waals surface area contributed by atoms with Crippen LogP contribution in [-0.4, -0.2) is 25.5 Å². The zero-order valence-corrected chi connectivity index (χ0v) is 15.0. The van der Waals surface area contributed by atoms with Crippen molar-refractivity contribution in [2.24, 2.45) is 7.05 Å². The van der Waals surface area contributed by atoms with Crippen molar-refractivity contribution < 1.29 is 9.53 Å². The van der Waals surface area contributed by atoms with Crippen molar-refractivity contribution in [3.63, 3.8) is 0 Å². The van der Waals surface area contributed by atoms with Crippen LogP contribution in [0, 0.1) is 11.3 Å². The third-order valence-corrected chi connectivity index (χ3v) is 4.23. The average Bonchev–Trinajstić information content (AvgIpc) is 3.24. The molecule has 10 heteroatoms. The molecule has 0 unspecified atom stereocenters. The molecule has 2 heterocycles. The first-order valence-electron chi connectivity index (χ1n) is 7.33. The first kappa shape index (κ1) is 17.8. The minimum atomic E-state index is -0.468. The minimum absolute atomic E-state index is 0.0441. The Morgan fingerprint density at radius 1 is 1.38 bits per heavy atom. The lowest BCUT2D eigenvalue weighted by atomic mass is 10.3. The van der Waals surface area contributed by atoms with E-state index in [1.807, 2.05) is 6.07 Å². The Morgan fingerprint density at radius 3 is 2.96 bits per heavy atom. The fourth-order valence-corrected chi connectivity index (χ4v) is 2.47. The molecule has 8 nitrogen and oxygen atoms in total. The maximum Gasteiger partial charge on any atom is 0.277 e. The molecular weight excluding hydrogens is 379 g/mol. The molecule has 0 atom stereocenters. The molecule has 0 aliphatic carbocycles. The third-order valence-electron chi connectivity index (χ3n) is 3.43. The van der Waals surface area contributed by atoms with Gasteiger partial charge in [-0.1, -0.05) is 29.3 Å². The van der Waals surface area contributed by atoms with E-state index in [9.17, 15) is 4.79 Å². The number of halogens is 2. The van der Waals surface area contributed by atoms with Gasteiger partial charge in [-0.05, 0) is 18.2 Å². The Labute approximate surface area is 158 Å². The maximum absolute atomic E-state index is 12.3. The Morgan fingerprint density at radius 2 is 2.19 bits per heavy atom. The van der Waals surface area contributed by atoms with E-state index in [4.69, 9.17) is 33.2 Å². The van der Waals surface area contributed by atoms with Gasteiger partial charge in [-0.15, -0.1) is 0 Å². The number of hydrogen-bond donors (Lipinski definition) is 1. The van der Waals surface area contributed by atoms with Gasteiger partial charge in [-0.2, -0.15) is 15.5 Å². The van der Waals surface area contributed by atoms with Crippen molar-refractivity contribution in [2.45, 2.75) is 6.73 Å². The lowest BCUT2D eigenvalue weighted by molar-refractivity contribution is 0.101. The number of nitrogens with one attached hydrogen (secondary N) is 1. The summed E-state index contributed by atoms with van der Waals surface area (Å²) in [5.41, 5.74) is 0.426. The standard InChI is InChI=1S/C16H12Cl2N6O2/c1-23-15(10(7-19)8-20-23)21-16(25)12-5-6-24(22-12)9-26-13-4-2-3-11(17)14(13)18/h2-6,8H,9H2,1H3,(H,21,25). The predicted molar refractivity (Wildman–Crippen MR) is 95.2 cm³/mol. The number of nitrogens with zero attached hydrogens (tertiary/aromatic N) is 5. The second kappa shape index (κ2) is 7.47. The highest BCUT2D eigenvalue weighted by Crippen LogP contribution is 2.31. The summed E-state index contributed by atoms with van der Waals surface area (Å²) >= 11 is 12.0. The van der Waals surface area contributed by atoms with Gasteiger partial charge in [0.15, 0.2) is 12.4 Å². The molecule has 132 valence electrons. The summed E-state index contributed by atoms with van der Waals surface area (Å²) in [5, 5.41) is 20.4. The summed E-state index contributed by atoms with van der Waals surface area (Å²) < 4.78 is 8.39. The molecule has 1 N–H and O–H groups in total. The summed E-state index contributed by atoms with van der Waals surface area (Å²) in [6.07, 6.45) is 2.96. The summed E-state index contributed by atoms with van der Waals surface area (Å²) in [4.78, 5) is 12.3. The summed E-state index contributed by atoms with van der Waals surface area (Å²) in [7, 11) is 1.62. The van der Waals surface area contributed by atoms with Gasteiger partial charge in [0.25, 0.3) is 5.91 Å². The quantitative estimate of drug-likeness (QED) is 0.721. The Kier molecular flexibility index (Phi) is 5.11. The van der Waals surface area contributed by atoms with Gasteiger partial charge >= 0.3 is 0 Å². The monoisotopic (exact) mass is 390 g/mol. The number of amides is 1. The second-order valence-corrected chi connectivity index (χ2v) is 5.95. The van der Waals surface area contributed by atoms with Crippen LogP contribution in [0.15, 0.2) is 36.7 Å². The van der Waals surface area contributed by atoms with Crippen molar-refractivity contribution in [3.8, 4) is 11.8 Å². The van der Waals surface area contributed by atoms with Crippen LogP contribution in [-0.2, 0) is 13.8 Å². The highest BCUT2D eigenvalue weighted by Gasteiger charge is 2.15. The highest BCUT2D eigenvalue weighted by molar-refractivity contribution is 6.42. The molecule has 0 saturated carbocycles. The molecular formula is C16H12Cl2N6O2. The van der Waals surface area contributed by atoms with Gasteiger partial charge in [0, 0.05) is 13.2 Å². The minimum Gasteiger partial charge on any atom is -0.470 e. The third kappa shape index (κ3) is 3.64. The number of anilines is 1. The largest absolute Gasteiger partial charge is 0.470 e. The highest BCUT2D eigenvalue weighted by atomic mass is 35.5. The van der Waals surface area contributed by atoms with E-state index in [1.54, 1.807) is 31.4 Å². The summed E-state index contributed by atoms with van der Waals surface area (Å²) in [6.45, 7) is 0.0441. The molecule has 3 rings (SSSR count). The SMILES string of the molecule is Cn1ncc(C#N)c1NC(=O)c1ccn(COc2cccc(Cl)c2Cl)n1. The molecule has 0 aliphatic rings. The van der Waals surface area contributed by atoms with E-state index in [0.29, 0.717) is 21.6 Å². The Hall–Kier alpha value is -3.02. The van der Waals surface area contributed by atoms with Gasteiger partial charge in [0.2, 0.25) is 0 Å². The molecule has 0 saturated heterocycles. The number of nitriles is 1. The van der Waals surface area contributed by atoms with E-state index in [0.717, 1.165) is 0 Å². The molecule has 0 bridgehead atoms. The van der Waals surface area contributed by atoms with Crippen LogP contribution >= 0.6 is 23.2 Å². The smallest absolute Gasteiger partial charge is 0.277 e. The van der Waals surface area contributed by atoms with Gasteiger partial charge in [0.05, 0.1) is 11.2 Å². The van der Waals surface area contributed by atoms with Crippen LogP contribution in [0.4, 0.5) is 5.82 Å². The van der Waals surface area contributed by atoms with Crippen molar-refractivity contribution in [1.29, 1.82) is 5.26 Å². The zero-order valence-electron chi connectivity index (χ0n) is 13.5. The molecule has 26 heavy (non-hydrogen) atoms. The number of hydrogen-bond acceptors (Lipinski definition) is 5. The van der Waals surface area contributed by atoms with Gasteiger partial charge in [0.1, 0.15) is 28.2 Å². The number of rotatable bonds is 5. The molecule has 0 radical (unpaired) electrons. The number of carbonyl (C=O) groups excluding carboxylic acids is 1. The Balaban J connectivity index is 1.68. The van der Waals surface area contributed by atoms with Gasteiger partial charge in [-0.25, -0.2) is 4.68 Å². The van der Waals surface area contributed by atoms with Gasteiger partial charge in [-0.3, -0.25) is 9.48 Å². The van der Waals surface area contributed by atoms with Gasteiger partial charge < -0.3 is 10.1 Å². The number of aromatic nitrogens is 4. The number of benzene rings is 1. The lowest BCUT2D eigenvalue weighted by Gasteiger charge is -2.08. The van der Waals surface area contributed by atoms with E-state index < -0.39 is 5.91 Å². The molecule has 0 aliphatic heterocycles. The van der Waals surface area contributed by atoms with E-state index in [2.05, 4.69) is 15.5 Å².